The SMILES string of the molecule is Cc1ccc2nc(C)cc(C(=O)N3CCC[C@H]3c3cc(C(C)C)on3)c2c1. The predicted octanol–water partition coefficient (Wildman–Crippen LogP) is 4.94. The number of fused-ring (bicyclic) bond motifs is 1. The van der Waals surface area contributed by atoms with Crippen LogP contribution in [-0.2, 0) is 0 Å². The molecule has 140 valence electrons. The number of amides is 1. The Morgan fingerprint density at radius 2 is 2.04 bits per heavy atom. The summed E-state index contributed by atoms with van der Waals surface area (Å²) >= 11 is 0. The number of carbonyl (C=O) groups is 1. The maximum atomic E-state index is 13.5. The highest BCUT2D eigenvalue weighted by Crippen LogP contribution is 2.35. The molecule has 2 aromatic heterocycles. The zero-order valence-corrected chi connectivity index (χ0v) is 16.3. The van der Waals surface area contributed by atoms with E-state index in [1.165, 1.54) is 0 Å². The first-order chi connectivity index (χ1) is 12.9. The van der Waals surface area contributed by atoms with Crippen molar-refractivity contribution in [3.63, 3.8) is 0 Å². The lowest BCUT2D eigenvalue weighted by molar-refractivity contribution is 0.0732. The van der Waals surface area contributed by atoms with E-state index in [0.29, 0.717) is 0 Å². The van der Waals surface area contributed by atoms with E-state index in [9.17, 15) is 4.79 Å². The molecule has 4 rings (SSSR count). The summed E-state index contributed by atoms with van der Waals surface area (Å²) in [5.41, 5.74) is 4.42. The van der Waals surface area contributed by atoms with Crippen molar-refractivity contribution in [2.75, 3.05) is 6.54 Å². The quantitative estimate of drug-likeness (QED) is 0.661. The summed E-state index contributed by atoms with van der Waals surface area (Å²) < 4.78 is 5.48. The lowest BCUT2D eigenvalue weighted by Crippen LogP contribution is -2.31. The number of carbonyl (C=O) groups excluding carboxylic acids is 1. The summed E-state index contributed by atoms with van der Waals surface area (Å²) in [4.78, 5) is 20.0. The minimum absolute atomic E-state index is 0.0259. The van der Waals surface area contributed by atoms with Crippen LogP contribution >= 0.6 is 0 Å². The molecular weight excluding hydrogens is 338 g/mol. The molecule has 5 nitrogen and oxygen atoms in total. The first kappa shape index (κ1) is 17.7. The van der Waals surface area contributed by atoms with E-state index < -0.39 is 0 Å². The van der Waals surface area contributed by atoms with E-state index in [1.54, 1.807) is 0 Å². The molecule has 0 unspecified atom stereocenters. The maximum Gasteiger partial charge on any atom is 0.255 e. The molecule has 0 spiro atoms. The predicted molar refractivity (Wildman–Crippen MR) is 105 cm³/mol. The normalized spacial score (nSPS) is 17.2. The lowest BCUT2D eigenvalue weighted by Gasteiger charge is -2.24. The molecule has 27 heavy (non-hydrogen) atoms. The highest BCUT2D eigenvalue weighted by atomic mass is 16.5. The van der Waals surface area contributed by atoms with Crippen molar-refractivity contribution in [1.82, 2.24) is 15.0 Å². The summed E-state index contributed by atoms with van der Waals surface area (Å²) in [6, 6.07) is 9.95. The number of nitrogens with zero attached hydrogens (tertiary/aromatic N) is 3. The first-order valence-corrected chi connectivity index (χ1v) is 9.59. The van der Waals surface area contributed by atoms with Gasteiger partial charge in [-0.1, -0.05) is 30.6 Å². The molecule has 5 heteroatoms. The Labute approximate surface area is 159 Å². The number of rotatable bonds is 3. The van der Waals surface area contributed by atoms with Gasteiger partial charge in [0.15, 0.2) is 0 Å². The number of hydrogen-bond donors (Lipinski definition) is 0. The van der Waals surface area contributed by atoms with Crippen LogP contribution in [0.15, 0.2) is 34.9 Å². The Hall–Kier alpha value is -2.69. The fourth-order valence-corrected chi connectivity index (χ4v) is 3.85. The minimum Gasteiger partial charge on any atom is -0.361 e. The molecule has 0 saturated carbocycles. The molecule has 0 N–H and O–H groups in total. The van der Waals surface area contributed by atoms with Crippen LogP contribution in [0.3, 0.4) is 0 Å². The van der Waals surface area contributed by atoms with Crippen LogP contribution in [-0.4, -0.2) is 27.5 Å². The van der Waals surface area contributed by atoms with Crippen LogP contribution in [0.1, 0.15) is 71.7 Å². The summed E-state index contributed by atoms with van der Waals surface area (Å²) in [5, 5.41) is 5.17. The van der Waals surface area contributed by atoms with Gasteiger partial charge in [-0.25, -0.2) is 0 Å². The number of aromatic nitrogens is 2. The highest BCUT2D eigenvalue weighted by Gasteiger charge is 2.33. The Morgan fingerprint density at radius 3 is 2.78 bits per heavy atom. The topological polar surface area (TPSA) is 59.2 Å². The number of hydrogen-bond acceptors (Lipinski definition) is 4. The Balaban J connectivity index is 1.73. The molecule has 0 aliphatic carbocycles. The summed E-state index contributed by atoms with van der Waals surface area (Å²) in [6.45, 7) is 8.87. The molecule has 1 amide bonds. The summed E-state index contributed by atoms with van der Waals surface area (Å²) in [6.07, 6.45) is 1.89. The first-order valence-electron chi connectivity index (χ1n) is 9.59. The van der Waals surface area contributed by atoms with Crippen LogP contribution in [0.4, 0.5) is 0 Å². The molecule has 3 heterocycles. The monoisotopic (exact) mass is 363 g/mol. The second kappa shape index (κ2) is 6.80. The second-order valence-corrected chi connectivity index (χ2v) is 7.80. The van der Waals surface area contributed by atoms with Gasteiger partial charge in [0.1, 0.15) is 11.5 Å². The molecule has 1 aromatic carbocycles. The number of pyridine rings is 1. The molecule has 1 atom stereocenters. The van der Waals surface area contributed by atoms with Crippen LogP contribution in [0.25, 0.3) is 10.9 Å². The van der Waals surface area contributed by atoms with Gasteiger partial charge in [0.2, 0.25) is 0 Å². The van der Waals surface area contributed by atoms with Crippen LogP contribution in [0.5, 0.6) is 0 Å². The van der Waals surface area contributed by atoms with Gasteiger partial charge in [-0.05, 0) is 44.9 Å². The van der Waals surface area contributed by atoms with Gasteiger partial charge < -0.3 is 9.42 Å². The molecule has 1 aliphatic heterocycles. The highest BCUT2D eigenvalue weighted by molar-refractivity contribution is 6.06. The van der Waals surface area contributed by atoms with E-state index in [1.807, 2.05) is 49.1 Å². The smallest absolute Gasteiger partial charge is 0.255 e. The van der Waals surface area contributed by atoms with Crippen molar-refractivity contribution in [3.05, 3.63) is 58.6 Å². The van der Waals surface area contributed by atoms with E-state index >= 15 is 0 Å². The van der Waals surface area contributed by atoms with Crippen molar-refractivity contribution in [3.8, 4) is 0 Å². The Kier molecular flexibility index (Phi) is 4.46. The van der Waals surface area contributed by atoms with Crippen LogP contribution < -0.4 is 0 Å². The van der Waals surface area contributed by atoms with Gasteiger partial charge >= 0.3 is 0 Å². The van der Waals surface area contributed by atoms with Crippen LogP contribution in [0.2, 0.25) is 0 Å². The molecule has 0 bridgehead atoms. The van der Waals surface area contributed by atoms with Gasteiger partial charge in [0, 0.05) is 29.6 Å². The second-order valence-electron chi connectivity index (χ2n) is 7.80. The van der Waals surface area contributed by atoms with E-state index in [-0.39, 0.29) is 17.9 Å². The molecule has 1 saturated heterocycles. The zero-order valence-electron chi connectivity index (χ0n) is 16.3. The van der Waals surface area contributed by atoms with E-state index in [4.69, 9.17) is 4.52 Å². The van der Waals surface area contributed by atoms with Crippen molar-refractivity contribution < 1.29 is 9.32 Å². The van der Waals surface area contributed by atoms with Gasteiger partial charge in [-0.15, -0.1) is 0 Å². The van der Waals surface area contributed by atoms with Gasteiger partial charge in [-0.2, -0.15) is 0 Å². The maximum absolute atomic E-state index is 13.5. The fourth-order valence-electron chi connectivity index (χ4n) is 3.85. The molecule has 3 aromatic rings. The summed E-state index contributed by atoms with van der Waals surface area (Å²) in [7, 11) is 0. The standard InChI is InChI=1S/C22H25N3O2/c1-13(2)21-12-19(24-27-21)20-6-5-9-25(20)22(26)17-11-15(4)23-18-8-7-14(3)10-16(17)18/h7-8,10-13,20H,5-6,9H2,1-4H3/t20-/m0/s1. The Morgan fingerprint density at radius 1 is 1.22 bits per heavy atom. The average molecular weight is 363 g/mol. The minimum atomic E-state index is -0.0259. The zero-order chi connectivity index (χ0) is 19.1. The van der Waals surface area contributed by atoms with Crippen molar-refractivity contribution >= 4 is 16.8 Å². The van der Waals surface area contributed by atoms with Crippen molar-refractivity contribution in [2.45, 2.75) is 52.5 Å². The van der Waals surface area contributed by atoms with Crippen molar-refractivity contribution in [2.24, 2.45) is 0 Å². The van der Waals surface area contributed by atoms with Gasteiger partial charge in [0.05, 0.1) is 17.1 Å². The summed E-state index contributed by atoms with van der Waals surface area (Å²) in [5.74, 6) is 1.20. The van der Waals surface area contributed by atoms with E-state index in [0.717, 1.165) is 58.6 Å². The average Bonchev–Trinajstić information content (AvgIpc) is 3.29. The number of benzene rings is 1. The number of aryl methyl sites for hydroxylation is 2. The third-order valence-corrected chi connectivity index (χ3v) is 5.29. The van der Waals surface area contributed by atoms with Crippen molar-refractivity contribution in [1.29, 1.82) is 0 Å². The molecule has 0 radical (unpaired) electrons. The largest absolute Gasteiger partial charge is 0.361 e. The molecule has 1 aliphatic rings. The molecule has 1 fully saturated rings. The van der Waals surface area contributed by atoms with Gasteiger partial charge in [-0.3, -0.25) is 9.78 Å². The number of likely N-dealkylation sites (tertiary alicyclic amines) is 1. The van der Waals surface area contributed by atoms with Crippen LogP contribution in [0, 0.1) is 13.8 Å². The Bertz CT molecular complexity index is 1010. The van der Waals surface area contributed by atoms with Gasteiger partial charge in [0.25, 0.3) is 5.91 Å². The molecular formula is C22H25N3O2. The third kappa shape index (κ3) is 3.22. The lowest BCUT2D eigenvalue weighted by atomic mass is 10.0. The third-order valence-electron chi connectivity index (χ3n) is 5.29. The fraction of sp³-hybridized carbons (Fsp3) is 0.409. The van der Waals surface area contributed by atoms with E-state index in [2.05, 4.69) is 24.0 Å².